The maximum absolute atomic E-state index is 11.3. The molecule has 5 heteroatoms. The van der Waals surface area contributed by atoms with Gasteiger partial charge in [-0.05, 0) is 19.0 Å². The third-order valence-electron chi connectivity index (χ3n) is 2.11. The van der Waals surface area contributed by atoms with Crippen molar-refractivity contribution in [3.63, 3.8) is 0 Å². The first-order chi connectivity index (χ1) is 6.34. The highest BCUT2D eigenvalue weighted by Gasteiger charge is 2.19. The first-order valence-corrected chi connectivity index (χ1v) is 4.34. The molecule has 0 atom stereocenters. The van der Waals surface area contributed by atoms with E-state index in [-0.39, 0.29) is 5.91 Å². The van der Waals surface area contributed by atoms with Crippen molar-refractivity contribution in [3.8, 4) is 0 Å². The Hall–Kier alpha value is -1.36. The van der Waals surface area contributed by atoms with Crippen molar-refractivity contribution in [2.75, 3.05) is 18.4 Å². The van der Waals surface area contributed by atoms with E-state index in [4.69, 9.17) is 0 Å². The number of carbonyl (C=O) groups is 1. The summed E-state index contributed by atoms with van der Waals surface area (Å²) in [4.78, 5) is 11.3. The van der Waals surface area contributed by atoms with Crippen molar-refractivity contribution in [2.45, 2.75) is 6.42 Å². The first kappa shape index (κ1) is 8.25. The zero-order chi connectivity index (χ0) is 9.10. The van der Waals surface area contributed by atoms with Gasteiger partial charge in [-0.3, -0.25) is 9.89 Å². The van der Waals surface area contributed by atoms with E-state index in [0.29, 0.717) is 18.2 Å². The summed E-state index contributed by atoms with van der Waals surface area (Å²) in [7, 11) is 0. The monoisotopic (exact) mass is 180 g/mol. The standard InChI is InChI=1S/C8H12N4O/c13-8(3-6-4-9-5-6)11-7-1-2-10-12-7/h1-2,6,9H,3-5H2,(H2,10,11,12,13). The second kappa shape index (κ2) is 3.57. The molecule has 0 aliphatic carbocycles. The lowest BCUT2D eigenvalue weighted by molar-refractivity contribution is -0.117. The molecule has 2 heterocycles. The molecule has 1 saturated heterocycles. The van der Waals surface area contributed by atoms with Crippen molar-refractivity contribution in [3.05, 3.63) is 12.3 Å². The Kier molecular flexibility index (Phi) is 2.27. The summed E-state index contributed by atoms with van der Waals surface area (Å²) >= 11 is 0. The van der Waals surface area contributed by atoms with E-state index in [2.05, 4.69) is 20.8 Å². The number of hydrogen-bond acceptors (Lipinski definition) is 3. The van der Waals surface area contributed by atoms with Gasteiger partial charge in [0, 0.05) is 12.5 Å². The van der Waals surface area contributed by atoms with E-state index < -0.39 is 0 Å². The van der Waals surface area contributed by atoms with Crippen LogP contribution in [-0.2, 0) is 4.79 Å². The summed E-state index contributed by atoms with van der Waals surface area (Å²) in [6.07, 6.45) is 2.20. The quantitative estimate of drug-likeness (QED) is 0.611. The molecule has 3 N–H and O–H groups in total. The van der Waals surface area contributed by atoms with Crippen molar-refractivity contribution < 1.29 is 4.79 Å². The highest BCUT2D eigenvalue weighted by Crippen LogP contribution is 2.09. The van der Waals surface area contributed by atoms with Gasteiger partial charge in [0.15, 0.2) is 0 Å². The topological polar surface area (TPSA) is 69.8 Å². The van der Waals surface area contributed by atoms with E-state index in [1.165, 1.54) is 0 Å². The molecule has 1 aromatic rings. The van der Waals surface area contributed by atoms with Crippen LogP contribution in [0.4, 0.5) is 5.82 Å². The fraction of sp³-hybridized carbons (Fsp3) is 0.500. The van der Waals surface area contributed by atoms with E-state index in [1.54, 1.807) is 12.3 Å². The molecule has 0 spiro atoms. The Labute approximate surface area is 75.9 Å². The van der Waals surface area contributed by atoms with Gasteiger partial charge in [-0.1, -0.05) is 0 Å². The van der Waals surface area contributed by atoms with Crippen molar-refractivity contribution in [1.29, 1.82) is 0 Å². The lowest BCUT2D eigenvalue weighted by Crippen LogP contribution is -2.43. The van der Waals surface area contributed by atoms with Crippen LogP contribution in [0.25, 0.3) is 0 Å². The zero-order valence-corrected chi connectivity index (χ0v) is 7.21. The normalized spacial score (nSPS) is 16.6. The fourth-order valence-corrected chi connectivity index (χ4v) is 1.28. The van der Waals surface area contributed by atoms with Crippen LogP contribution in [0, 0.1) is 5.92 Å². The van der Waals surface area contributed by atoms with Gasteiger partial charge in [-0.15, -0.1) is 0 Å². The summed E-state index contributed by atoms with van der Waals surface area (Å²) < 4.78 is 0. The van der Waals surface area contributed by atoms with Crippen LogP contribution >= 0.6 is 0 Å². The van der Waals surface area contributed by atoms with E-state index in [9.17, 15) is 4.79 Å². The molecule has 0 saturated carbocycles. The Balaban J connectivity index is 1.78. The van der Waals surface area contributed by atoms with Crippen LogP contribution in [0.5, 0.6) is 0 Å². The lowest BCUT2D eigenvalue weighted by Gasteiger charge is -2.26. The minimum atomic E-state index is 0.0516. The molecule has 70 valence electrons. The minimum Gasteiger partial charge on any atom is -0.316 e. The number of aromatic nitrogens is 2. The Morgan fingerprint density at radius 2 is 2.54 bits per heavy atom. The maximum Gasteiger partial charge on any atom is 0.225 e. The number of hydrogen-bond donors (Lipinski definition) is 3. The molecule has 5 nitrogen and oxygen atoms in total. The summed E-state index contributed by atoms with van der Waals surface area (Å²) in [6, 6.07) is 1.73. The molecule has 1 aliphatic rings. The van der Waals surface area contributed by atoms with Gasteiger partial charge in [0.1, 0.15) is 5.82 Å². The molecule has 13 heavy (non-hydrogen) atoms. The molecule has 1 fully saturated rings. The Morgan fingerprint density at radius 3 is 3.08 bits per heavy atom. The third-order valence-corrected chi connectivity index (χ3v) is 2.11. The number of H-pyrrole nitrogens is 1. The predicted molar refractivity (Wildman–Crippen MR) is 48.2 cm³/mol. The second-order valence-electron chi connectivity index (χ2n) is 3.25. The second-order valence-corrected chi connectivity index (χ2v) is 3.25. The van der Waals surface area contributed by atoms with Gasteiger partial charge in [0.05, 0.1) is 6.20 Å². The fourth-order valence-electron chi connectivity index (χ4n) is 1.28. The molecule has 0 radical (unpaired) electrons. The molecule has 1 aliphatic heterocycles. The number of nitrogens with zero attached hydrogens (tertiary/aromatic N) is 1. The lowest BCUT2D eigenvalue weighted by atomic mass is 9.99. The Morgan fingerprint density at radius 1 is 1.69 bits per heavy atom. The minimum absolute atomic E-state index is 0.0516. The summed E-state index contributed by atoms with van der Waals surface area (Å²) in [5.74, 6) is 1.22. The average molecular weight is 180 g/mol. The van der Waals surface area contributed by atoms with Crippen LogP contribution < -0.4 is 10.6 Å². The number of anilines is 1. The number of rotatable bonds is 3. The van der Waals surface area contributed by atoms with Gasteiger partial charge in [0.25, 0.3) is 0 Å². The first-order valence-electron chi connectivity index (χ1n) is 4.34. The van der Waals surface area contributed by atoms with Crippen LogP contribution in [-0.4, -0.2) is 29.2 Å². The molecular weight excluding hydrogens is 168 g/mol. The molecule has 0 aromatic carbocycles. The van der Waals surface area contributed by atoms with Crippen molar-refractivity contribution in [2.24, 2.45) is 5.92 Å². The van der Waals surface area contributed by atoms with Gasteiger partial charge >= 0.3 is 0 Å². The van der Waals surface area contributed by atoms with Crippen molar-refractivity contribution >= 4 is 11.7 Å². The zero-order valence-electron chi connectivity index (χ0n) is 7.21. The average Bonchev–Trinajstić information content (AvgIpc) is 2.49. The van der Waals surface area contributed by atoms with Gasteiger partial charge in [-0.25, -0.2) is 0 Å². The molecule has 0 bridgehead atoms. The number of carbonyl (C=O) groups excluding carboxylic acids is 1. The van der Waals surface area contributed by atoms with E-state index in [1.807, 2.05) is 0 Å². The largest absolute Gasteiger partial charge is 0.316 e. The highest BCUT2D eigenvalue weighted by molar-refractivity contribution is 5.89. The number of nitrogens with one attached hydrogen (secondary N) is 3. The number of aromatic amines is 1. The molecule has 1 aromatic heterocycles. The smallest absolute Gasteiger partial charge is 0.225 e. The molecule has 0 unspecified atom stereocenters. The molecule has 2 rings (SSSR count). The molecule has 1 amide bonds. The SMILES string of the molecule is O=C(CC1CNC1)Nc1ccn[nH]1. The number of amides is 1. The van der Waals surface area contributed by atoms with Crippen molar-refractivity contribution in [1.82, 2.24) is 15.5 Å². The van der Waals surface area contributed by atoms with E-state index in [0.717, 1.165) is 13.1 Å². The van der Waals surface area contributed by atoms with Crippen LogP contribution in [0.2, 0.25) is 0 Å². The molecular formula is C8H12N4O. The van der Waals surface area contributed by atoms with E-state index >= 15 is 0 Å². The summed E-state index contributed by atoms with van der Waals surface area (Å²) in [5.41, 5.74) is 0. The predicted octanol–water partition coefficient (Wildman–Crippen LogP) is -0.0423. The van der Waals surface area contributed by atoms with Gasteiger partial charge in [-0.2, -0.15) is 5.10 Å². The maximum atomic E-state index is 11.3. The Bertz CT molecular complexity index is 278. The van der Waals surface area contributed by atoms with Crippen LogP contribution in [0.1, 0.15) is 6.42 Å². The van der Waals surface area contributed by atoms with Crippen LogP contribution in [0.3, 0.4) is 0 Å². The summed E-state index contributed by atoms with van der Waals surface area (Å²) in [6.45, 7) is 1.91. The summed E-state index contributed by atoms with van der Waals surface area (Å²) in [5, 5.41) is 12.3. The van der Waals surface area contributed by atoms with Gasteiger partial charge in [0.2, 0.25) is 5.91 Å². The third kappa shape index (κ3) is 2.06. The van der Waals surface area contributed by atoms with Crippen LogP contribution in [0.15, 0.2) is 12.3 Å². The highest BCUT2D eigenvalue weighted by atomic mass is 16.1. The van der Waals surface area contributed by atoms with Gasteiger partial charge < -0.3 is 10.6 Å².